The lowest BCUT2D eigenvalue weighted by molar-refractivity contribution is -0.137. The summed E-state index contributed by atoms with van der Waals surface area (Å²) < 4.78 is 71.1. The molecular formula is C17H24F3N3O4S. The van der Waals surface area contributed by atoms with E-state index in [2.05, 4.69) is 0 Å². The highest BCUT2D eigenvalue weighted by molar-refractivity contribution is 7.89. The molecule has 1 unspecified atom stereocenters. The third-order valence-corrected chi connectivity index (χ3v) is 6.05. The minimum absolute atomic E-state index is 0.0579. The quantitative estimate of drug-likeness (QED) is 0.739. The van der Waals surface area contributed by atoms with Gasteiger partial charge in [-0.05, 0) is 45.9 Å². The summed E-state index contributed by atoms with van der Waals surface area (Å²) in [4.78, 5) is 13.2. The number of piperazine rings is 1. The molecular weight excluding hydrogens is 399 g/mol. The molecule has 0 radical (unpaired) electrons. The number of hydrogen-bond donors (Lipinski definition) is 1. The van der Waals surface area contributed by atoms with Crippen LogP contribution in [0.5, 0.6) is 0 Å². The van der Waals surface area contributed by atoms with Gasteiger partial charge in [0.05, 0.1) is 10.5 Å². The van der Waals surface area contributed by atoms with E-state index >= 15 is 0 Å². The van der Waals surface area contributed by atoms with E-state index in [0.29, 0.717) is 6.07 Å². The molecule has 1 heterocycles. The Morgan fingerprint density at radius 1 is 1.21 bits per heavy atom. The Morgan fingerprint density at radius 3 is 2.32 bits per heavy atom. The van der Waals surface area contributed by atoms with Gasteiger partial charge in [0, 0.05) is 31.4 Å². The summed E-state index contributed by atoms with van der Waals surface area (Å²) in [5, 5.41) is 0. The smallest absolute Gasteiger partial charge is 0.418 e. The molecule has 1 aliphatic heterocycles. The van der Waals surface area contributed by atoms with Crippen molar-refractivity contribution < 1.29 is 31.1 Å². The Balaban J connectivity index is 2.22. The van der Waals surface area contributed by atoms with Crippen molar-refractivity contribution in [3.8, 4) is 0 Å². The Labute approximate surface area is 162 Å². The summed E-state index contributed by atoms with van der Waals surface area (Å²) in [6, 6.07) is 2.01. The maximum absolute atomic E-state index is 13.1. The second kappa shape index (κ2) is 7.43. The summed E-state index contributed by atoms with van der Waals surface area (Å²) in [5.74, 6) is 0. The summed E-state index contributed by atoms with van der Waals surface area (Å²) in [6.45, 7) is 6.75. The van der Waals surface area contributed by atoms with E-state index in [9.17, 15) is 26.4 Å². The molecule has 1 atom stereocenters. The standard InChI is InChI=1S/C17H24F3N3O4S/c1-11-10-22(7-8-23(11)15(24)27-16(2,3)4)28(25,26)12-5-6-14(21)13(9-12)17(18,19)20/h5-6,9,11H,7-8,10,21H2,1-4H3. The number of sulfonamides is 1. The van der Waals surface area contributed by atoms with Crippen LogP contribution in [0.15, 0.2) is 23.1 Å². The molecule has 7 nitrogen and oxygen atoms in total. The number of anilines is 1. The molecule has 0 bridgehead atoms. The SMILES string of the molecule is CC1CN(S(=O)(=O)c2ccc(N)c(C(F)(F)F)c2)CCN1C(=O)OC(C)(C)C. The van der Waals surface area contributed by atoms with Gasteiger partial charge in [-0.1, -0.05) is 0 Å². The normalized spacial score (nSPS) is 19.5. The van der Waals surface area contributed by atoms with Crippen molar-refractivity contribution >= 4 is 21.8 Å². The van der Waals surface area contributed by atoms with Gasteiger partial charge in [0.25, 0.3) is 0 Å². The first-order valence-corrected chi connectivity index (χ1v) is 10.0. The van der Waals surface area contributed by atoms with Crippen LogP contribution in [-0.2, 0) is 20.9 Å². The number of benzene rings is 1. The van der Waals surface area contributed by atoms with Crippen molar-refractivity contribution in [2.75, 3.05) is 25.4 Å². The minimum Gasteiger partial charge on any atom is -0.444 e. The highest BCUT2D eigenvalue weighted by Crippen LogP contribution is 2.35. The first-order valence-electron chi connectivity index (χ1n) is 8.59. The molecule has 1 fully saturated rings. The molecule has 1 aromatic carbocycles. The van der Waals surface area contributed by atoms with Crippen LogP contribution in [0.1, 0.15) is 33.3 Å². The van der Waals surface area contributed by atoms with Crippen molar-refractivity contribution in [2.45, 2.75) is 50.4 Å². The molecule has 1 amide bonds. The van der Waals surface area contributed by atoms with Gasteiger partial charge in [0.1, 0.15) is 5.60 Å². The van der Waals surface area contributed by atoms with Crippen molar-refractivity contribution in [2.24, 2.45) is 0 Å². The molecule has 2 rings (SSSR count). The summed E-state index contributed by atoms with van der Waals surface area (Å²) in [6.07, 6.45) is -5.33. The van der Waals surface area contributed by atoms with Gasteiger partial charge in [-0.15, -0.1) is 0 Å². The molecule has 0 spiro atoms. The number of ether oxygens (including phenoxy) is 1. The molecule has 2 N–H and O–H groups in total. The Morgan fingerprint density at radius 2 is 1.82 bits per heavy atom. The average Bonchev–Trinajstić information content (AvgIpc) is 2.52. The van der Waals surface area contributed by atoms with Crippen molar-refractivity contribution in [1.82, 2.24) is 9.21 Å². The third-order valence-electron chi connectivity index (χ3n) is 4.19. The van der Waals surface area contributed by atoms with Crippen LogP contribution < -0.4 is 5.73 Å². The fourth-order valence-corrected chi connectivity index (χ4v) is 4.36. The number of carbonyl (C=O) groups excluding carboxylic acids is 1. The first-order chi connectivity index (χ1) is 12.6. The van der Waals surface area contributed by atoms with Crippen LogP contribution in [0.3, 0.4) is 0 Å². The Kier molecular flexibility index (Phi) is 5.91. The number of nitrogen functional groups attached to an aromatic ring is 1. The Hall–Kier alpha value is -2.01. The number of rotatable bonds is 2. The molecule has 158 valence electrons. The number of hydrogen-bond acceptors (Lipinski definition) is 5. The van der Waals surface area contributed by atoms with Crippen LogP contribution in [-0.4, -0.2) is 55.0 Å². The predicted molar refractivity (Wildman–Crippen MR) is 97.0 cm³/mol. The molecule has 1 aliphatic rings. The molecule has 11 heteroatoms. The first kappa shape index (κ1) is 22.3. The van der Waals surface area contributed by atoms with E-state index in [0.717, 1.165) is 16.4 Å². The lowest BCUT2D eigenvalue weighted by Crippen LogP contribution is -2.56. The van der Waals surface area contributed by atoms with E-state index < -0.39 is 50.1 Å². The van der Waals surface area contributed by atoms with Crippen LogP contribution in [0.2, 0.25) is 0 Å². The topological polar surface area (TPSA) is 92.9 Å². The highest BCUT2D eigenvalue weighted by Gasteiger charge is 2.38. The predicted octanol–water partition coefficient (Wildman–Crippen LogP) is 2.92. The van der Waals surface area contributed by atoms with E-state index in [1.165, 1.54) is 4.90 Å². The van der Waals surface area contributed by atoms with Crippen molar-refractivity contribution in [3.05, 3.63) is 23.8 Å². The number of halogens is 3. The number of carbonyl (C=O) groups is 1. The second-order valence-electron chi connectivity index (χ2n) is 7.63. The van der Waals surface area contributed by atoms with Crippen LogP contribution in [0.25, 0.3) is 0 Å². The summed E-state index contributed by atoms with van der Waals surface area (Å²) in [7, 11) is -4.18. The van der Waals surface area contributed by atoms with Gasteiger partial charge >= 0.3 is 12.3 Å². The maximum Gasteiger partial charge on any atom is 0.418 e. The van der Waals surface area contributed by atoms with E-state index in [1.54, 1.807) is 27.7 Å². The van der Waals surface area contributed by atoms with Crippen molar-refractivity contribution in [3.63, 3.8) is 0 Å². The lowest BCUT2D eigenvalue weighted by Gasteiger charge is -2.39. The zero-order valence-corrected chi connectivity index (χ0v) is 16.9. The van der Waals surface area contributed by atoms with Crippen LogP contribution in [0.4, 0.5) is 23.7 Å². The molecule has 28 heavy (non-hydrogen) atoms. The molecule has 1 saturated heterocycles. The fourth-order valence-electron chi connectivity index (χ4n) is 2.82. The van der Waals surface area contributed by atoms with Gasteiger partial charge in [0.2, 0.25) is 10.0 Å². The molecule has 1 aromatic rings. The number of nitrogens with zero attached hydrogens (tertiary/aromatic N) is 2. The van der Waals surface area contributed by atoms with Gasteiger partial charge in [0.15, 0.2) is 0 Å². The van der Waals surface area contributed by atoms with Crippen molar-refractivity contribution in [1.29, 1.82) is 0 Å². The molecule has 0 aliphatic carbocycles. The zero-order chi connectivity index (χ0) is 21.5. The highest BCUT2D eigenvalue weighted by atomic mass is 32.2. The molecule has 0 aromatic heterocycles. The van der Waals surface area contributed by atoms with Gasteiger partial charge < -0.3 is 15.4 Å². The molecule has 0 saturated carbocycles. The Bertz CT molecular complexity index is 850. The van der Waals surface area contributed by atoms with Gasteiger partial charge in [-0.3, -0.25) is 0 Å². The monoisotopic (exact) mass is 423 g/mol. The van der Waals surface area contributed by atoms with Gasteiger partial charge in [-0.25, -0.2) is 13.2 Å². The van der Waals surface area contributed by atoms with E-state index in [1.807, 2.05) is 0 Å². The summed E-state index contributed by atoms with van der Waals surface area (Å²) in [5.41, 5.74) is 2.89. The van der Waals surface area contributed by atoms with Crippen LogP contribution in [0, 0.1) is 0 Å². The van der Waals surface area contributed by atoms with Crippen LogP contribution >= 0.6 is 0 Å². The average molecular weight is 423 g/mol. The van der Waals surface area contributed by atoms with Gasteiger partial charge in [-0.2, -0.15) is 17.5 Å². The third kappa shape index (κ3) is 4.88. The lowest BCUT2D eigenvalue weighted by atomic mass is 10.2. The minimum atomic E-state index is -4.77. The summed E-state index contributed by atoms with van der Waals surface area (Å²) >= 11 is 0. The second-order valence-corrected chi connectivity index (χ2v) is 9.57. The van der Waals surface area contributed by atoms with E-state index in [-0.39, 0.29) is 19.6 Å². The fraction of sp³-hybridized carbons (Fsp3) is 0.588. The number of amides is 1. The largest absolute Gasteiger partial charge is 0.444 e. The number of nitrogens with two attached hydrogens (primary N) is 1. The zero-order valence-electron chi connectivity index (χ0n) is 16.1. The van der Waals surface area contributed by atoms with E-state index in [4.69, 9.17) is 10.5 Å². The maximum atomic E-state index is 13.1. The number of alkyl halides is 3.